The van der Waals surface area contributed by atoms with Gasteiger partial charge in [0.1, 0.15) is 0 Å². The Labute approximate surface area is 189 Å². The van der Waals surface area contributed by atoms with Crippen molar-refractivity contribution in [1.29, 1.82) is 0 Å². The molecule has 3 heteroatoms. The maximum Gasteiger partial charge on any atom is 0.202 e. The van der Waals surface area contributed by atoms with Gasteiger partial charge in [0.2, 0.25) is 5.79 Å². The SMILES string of the molecule is CC(C)[C@@H](C)C=C[C@@H](C)[C@H]1CC[C@H]2C3=CC=C4C[C@@](O)(OO)CC[C@]4(C)[C@H]3CC[C@]12C. The molecular weight excluding hydrogens is 384 g/mol. The van der Waals surface area contributed by atoms with Crippen LogP contribution in [0.2, 0.25) is 0 Å². The van der Waals surface area contributed by atoms with Gasteiger partial charge in [-0.25, -0.2) is 10.1 Å². The molecule has 31 heavy (non-hydrogen) atoms. The van der Waals surface area contributed by atoms with Crippen LogP contribution in [0, 0.1) is 46.3 Å². The molecule has 0 bridgehead atoms. The average molecular weight is 429 g/mol. The van der Waals surface area contributed by atoms with Gasteiger partial charge in [-0.1, -0.05) is 77.0 Å². The monoisotopic (exact) mass is 428 g/mol. The Bertz CT molecular complexity index is 779. The standard InChI is InChI=1S/C28H44O3/c1-18(2)19(3)7-8-20(4)23-11-12-24-22-10-9-21-17-28(29,31-30)16-15-26(21,5)25(22)13-14-27(23,24)6/h7-10,18-20,23-25,29-30H,11-17H2,1-6H3/t19-,20+,23+,24-,25-,26-,27+,28-/m0/s1. The summed E-state index contributed by atoms with van der Waals surface area (Å²) in [5.74, 6) is 2.56. The molecule has 0 unspecified atom stereocenters. The Morgan fingerprint density at radius 2 is 1.71 bits per heavy atom. The summed E-state index contributed by atoms with van der Waals surface area (Å²) in [5, 5.41) is 19.7. The average Bonchev–Trinajstić information content (AvgIpc) is 3.09. The van der Waals surface area contributed by atoms with Crippen LogP contribution in [0.1, 0.15) is 86.5 Å². The molecular formula is C28H44O3. The van der Waals surface area contributed by atoms with Crippen molar-refractivity contribution in [2.45, 2.75) is 92.3 Å². The Morgan fingerprint density at radius 3 is 2.39 bits per heavy atom. The third-order valence-corrected chi connectivity index (χ3v) is 10.2. The fourth-order valence-corrected chi connectivity index (χ4v) is 7.65. The minimum absolute atomic E-state index is 0.0898. The number of allylic oxidation sites excluding steroid dienone is 5. The second-order valence-electron chi connectivity index (χ2n) is 12.2. The van der Waals surface area contributed by atoms with E-state index in [0.29, 0.717) is 47.8 Å². The predicted molar refractivity (Wildman–Crippen MR) is 126 cm³/mol. The third kappa shape index (κ3) is 3.79. The van der Waals surface area contributed by atoms with Crippen molar-refractivity contribution < 1.29 is 15.3 Å². The first-order valence-corrected chi connectivity index (χ1v) is 12.7. The summed E-state index contributed by atoms with van der Waals surface area (Å²) < 4.78 is 0. The molecule has 0 saturated heterocycles. The van der Waals surface area contributed by atoms with E-state index in [2.05, 4.69) is 70.7 Å². The molecule has 8 atom stereocenters. The highest BCUT2D eigenvalue weighted by Crippen LogP contribution is 2.66. The van der Waals surface area contributed by atoms with Crippen LogP contribution in [0.4, 0.5) is 0 Å². The molecule has 0 amide bonds. The molecule has 0 spiro atoms. The van der Waals surface area contributed by atoms with Crippen LogP contribution >= 0.6 is 0 Å². The van der Waals surface area contributed by atoms with E-state index < -0.39 is 5.79 Å². The Hall–Kier alpha value is -0.900. The predicted octanol–water partition coefficient (Wildman–Crippen LogP) is 7.15. The number of fused-ring (bicyclic) bond motifs is 5. The second kappa shape index (κ2) is 8.15. The zero-order chi connectivity index (χ0) is 22.6. The van der Waals surface area contributed by atoms with Gasteiger partial charge in [0.05, 0.1) is 0 Å². The largest absolute Gasteiger partial charge is 0.363 e. The summed E-state index contributed by atoms with van der Waals surface area (Å²) in [6.07, 6.45) is 16.6. The summed E-state index contributed by atoms with van der Waals surface area (Å²) in [4.78, 5) is 4.48. The Morgan fingerprint density at radius 1 is 0.968 bits per heavy atom. The maximum atomic E-state index is 10.5. The molecule has 3 nitrogen and oxygen atoms in total. The van der Waals surface area contributed by atoms with Gasteiger partial charge in [-0.05, 0) is 78.4 Å². The lowest BCUT2D eigenvalue weighted by Crippen LogP contribution is -2.49. The topological polar surface area (TPSA) is 49.7 Å². The molecule has 174 valence electrons. The number of hydrogen-bond donors (Lipinski definition) is 2. The van der Waals surface area contributed by atoms with E-state index >= 15 is 0 Å². The maximum absolute atomic E-state index is 10.5. The Balaban J connectivity index is 1.57. The molecule has 0 aliphatic heterocycles. The van der Waals surface area contributed by atoms with Gasteiger partial charge >= 0.3 is 0 Å². The van der Waals surface area contributed by atoms with Crippen LogP contribution in [0.3, 0.4) is 0 Å². The molecule has 0 aromatic heterocycles. The lowest BCUT2D eigenvalue weighted by molar-refractivity contribution is -0.398. The molecule has 0 heterocycles. The van der Waals surface area contributed by atoms with Gasteiger partial charge < -0.3 is 5.11 Å². The molecule has 2 N–H and O–H groups in total. The first-order valence-electron chi connectivity index (χ1n) is 12.7. The summed E-state index contributed by atoms with van der Waals surface area (Å²) >= 11 is 0. The number of hydrogen-bond acceptors (Lipinski definition) is 3. The minimum Gasteiger partial charge on any atom is -0.363 e. The molecule has 4 aliphatic carbocycles. The fraction of sp³-hybridized carbons (Fsp3) is 0.786. The van der Waals surface area contributed by atoms with Crippen LogP contribution < -0.4 is 0 Å². The molecule has 3 fully saturated rings. The van der Waals surface area contributed by atoms with Gasteiger partial charge in [-0.3, -0.25) is 0 Å². The van der Waals surface area contributed by atoms with Crippen molar-refractivity contribution in [2.24, 2.45) is 46.3 Å². The smallest absolute Gasteiger partial charge is 0.202 e. The lowest BCUT2D eigenvalue weighted by atomic mass is 9.50. The molecule has 4 aliphatic rings. The lowest BCUT2D eigenvalue weighted by Gasteiger charge is -2.55. The molecule has 4 rings (SSSR count). The highest BCUT2D eigenvalue weighted by atomic mass is 17.1. The van der Waals surface area contributed by atoms with Gasteiger partial charge in [0.15, 0.2) is 0 Å². The highest BCUT2D eigenvalue weighted by molar-refractivity contribution is 5.39. The van der Waals surface area contributed by atoms with Crippen molar-refractivity contribution in [2.75, 3.05) is 0 Å². The zero-order valence-corrected chi connectivity index (χ0v) is 20.5. The van der Waals surface area contributed by atoms with Gasteiger partial charge in [0.25, 0.3) is 0 Å². The molecule has 0 aromatic carbocycles. The molecule has 3 saturated carbocycles. The van der Waals surface area contributed by atoms with E-state index in [-0.39, 0.29) is 5.41 Å². The summed E-state index contributed by atoms with van der Waals surface area (Å²) in [7, 11) is 0. The van der Waals surface area contributed by atoms with E-state index in [4.69, 9.17) is 0 Å². The van der Waals surface area contributed by atoms with E-state index in [9.17, 15) is 10.4 Å². The van der Waals surface area contributed by atoms with Crippen LogP contribution in [-0.4, -0.2) is 16.2 Å². The third-order valence-electron chi connectivity index (χ3n) is 10.2. The Kier molecular flexibility index (Phi) is 6.12. The van der Waals surface area contributed by atoms with Crippen LogP contribution in [0.25, 0.3) is 0 Å². The van der Waals surface area contributed by atoms with E-state index in [1.54, 1.807) is 5.57 Å². The van der Waals surface area contributed by atoms with E-state index in [0.717, 1.165) is 12.3 Å². The molecule has 0 radical (unpaired) electrons. The fourth-order valence-electron chi connectivity index (χ4n) is 7.65. The van der Waals surface area contributed by atoms with Gasteiger partial charge in [-0.2, -0.15) is 0 Å². The summed E-state index contributed by atoms with van der Waals surface area (Å²) in [5.41, 5.74) is 3.40. The zero-order valence-electron chi connectivity index (χ0n) is 20.5. The number of rotatable bonds is 5. The first kappa shape index (κ1) is 23.3. The summed E-state index contributed by atoms with van der Waals surface area (Å²) in [6.45, 7) is 14.4. The van der Waals surface area contributed by atoms with E-state index in [1.165, 1.54) is 31.3 Å². The second-order valence-corrected chi connectivity index (χ2v) is 12.2. The van der Waals surface area contributed by atoms with Gasteiger partial charge in [-0.15, -0.1) is 0 Å². The van der Waals surface area contributed by atoms with Crippen molar-refractivity contribution in [3.63, 3.8) is 0 Å². The van der Waals surface area contributed by atoms with Crippen molar-refractivity contribution in [1.82, 2.24) is 0 Å². The highest BCUT2D eigenvalue weighted by Gasteiger charge is 2.58. The van der Waals surface area contributed by atoms with Crippen molar-refractivity contribution in [3.8, 4) is 0 Å². The summed E-state index contributed by atoms with van der Waals surface area (Å²) in [6, 6.07) is 0. The quantitative estimate of drug-likeness (QED) is 0.212. The van der Waals surface area contributed by atoms with E-state index in [1.807, 2.05) is 0 Å². The van der Waals surface area contributed by atoms with Crippen molar-refractivity contribution >= 4 is 0 Å². The number of aliphatic hydroxyl groups is 1. The molecule has 0 aromatic rings. The first-order chi connectivity index (χ1) is 14.5. The van der Waals surface area contributed by atoms with Crippen LogP contribution in [0.15, 0.2) is 35.5 Å². The van der Waals surface area contributed by atoms with Crippen LogP contribution in [0.5, 0.6) is 0 Å². The minimum atomic E-state index is -1.41. The van der Waals surface area contributed by atoms with Gasteiger partial charge in [0, 0.05) is 12.8 Å². The van der Waals surface area contributed by atoms with Crippen LogP contribution in [-0.2, 0) is 4.89 Å². The van der Waals surface area contributed by atoms with Crippen molar-refractivity contribution in [3.05, 3.63) is 35.5 Å². The normalized spacial score (nSPS) is 44.4.